The third kappa shape index (κ3) is 4.34. The fourth-order valence-corrected chi connectivity index (χ4v) is 6.85. The van der Waals surface area contributed by atoms with Gasteiger partial charge in [0.25, 0.3) is 0 Å². The number of nitrogens with one attached hydrogen (secondary N) is 1. The summed E-state index contributed by atoms with van der Waals surface area (Å²) in [5, 5.41) is 8.58. The summed E-state index contributed by atoms with van der Waals surface area (Å²) in [6, 6.07) is 15.7. The Kier molecular flexibility index (Phi) is 6.15. The maximum absolute atomic E-state index is 13.2. The van der Waals surface area contributed by atoms with E-state index in [4.69, 9.17) is 11.6 Å². The van der Waals surface area contributed by atoms with Crippen LogP contribution in [0.5, 0.6) is 0 Å². The highest BCUT2D eigenvalue weighted by atomic mass is 35.5. The van der Waals surface area contributed by atoms with Crippen molar-refractivity contribution < 1.29 is 13.2 Å². The van der Waals surface area contributed by atoms with Crippen molar-refractivity contribution in [2.75, 3.05) is 18.4 Å². The third-order valence-corrected chi connectivity index (χ3v) is 8.94. The number of aromatic nitrogens is 3. The summed E-state index contributed by atoms with van der Waals surface area (Å²) in [5.74, 6) is -0.227. The molecule has 1 aliphatic rings. The average molecular weight is 516 g/mol. The van der Waals surface area contributed by atoms with Crippen molar-refractivity contribution in [3.05, 3.63) is 65.3 Å². The van der Waals surface area contributed by atoms with Crippen LogP contribution in [0.4, 0.5) is 5.82 Å². The normalized spacial score (nSPS) is 17.2. The SMILES string of the molecule is Cc1cc(NC(=O)C2CCCN(S(=O)(=O)c3ccccc3)C2)n(-c2nc3c(Cl)cccc3s2)n1. The number of thiazole rings is 1. The summed E-state index contributed by atoms with van der Waals surface area (Å²) in [6.07, 6.45) is 1.22. The first-order chi connectivity index (χ1) is 16.3. The first-order valence-electron chi connectivity index (χ1n) is 10.8. The number of anilines is 1. The van der Waals surface area contributed by atoms with Crippen LogP contribution in [0.15, 0.2) is 59.5 Å². The van der Waals surface area contributed by atoms with Crippen molar-refractivity contribution in [1.29, 1.82) is 0 Å². The molecule has 5 rings (SSSR count). The van der Waals surface area contributed by atoms with Crippen LogP contribution < -0.4 is 5.32 Å². The molecule has 0 saturated carbocycles. The molecule has 1 amide bonds. The van der Waals surface area contributed by atoms with E-state index in [1.165, 1.54) is 15.6 Å². The smallest absolute Gasteiger partial charge is 0.243 e. The quantitative estimate of drug-likeness (QED) is 0.422. The Bertz CT molecular complexity index is 1470. The molecule has 34 heavy (non-hydrogen) atoms. The zero-order valence-corrected chi connectivity index (χ0v) is 20.7. The van der Waals surface area contributed by atoms with Crippen LogP contribution >= 0.6 is 22.9 Å². The van der Waals surface area contributed by atoms with E-state index in [9.17, 15) is 13.2 Å². The van der Waals surface area contributed by atoms with Gasteiger partial charge in [-0.15, -0.1) is 0 Å². The number of carbonyl (C=O) groups excluding carboxylic acids is 1. The molecule has 1 aliphatic heterocycles. The summed E-state index contributed by atoms with van der Waals surface area (Å²) in [4.78, 5) is 18.0. The molecule has 0 spiro atoms. The fourth-order valence-electron chi connectivity index (χ4n) is 4.07. The predicted molar refractivity (Wildman–Crippen MR) is 133 cm³/mol. The molecule has 0 radical (unpaired) electrons. The van der Waals surface area contributed by atoms with Crippen molar-refractivity contribution in [2.45, 2.75) is 24.7 Å². The van der Waals surface area contributed by atoms with Crippen molar-refractivity contribution >= 4 is 54.9 Å². The molecule has 1 unspecified atom stereocenters. The number of hydrogen-bond acceptors (Lipinski definition) is 6. The number of halogens is 1. The molecular weight excluding hydrogens is 494 g/mol. The van der Waals surface area contributed by atoms with E-state index in [2.05, 4.69) is 15.4 Å². The molecule has 176 valence electrons. The van der Waals surface area contributed by atoms with Crippen LogP contribution in [-0.2, 0) is 14.8 Å². The molecule has 4 aromatic rings. The van der Waals surface area contributed by atoms with E-state index in [0.29, 0.717) is 40.9 Å². The summed E-state index contributed by atoms with van der Waals surface area (Å²) in [6.45, 7) is 2.36. The van der Waals surface area contributed by atoms with Gasteiger partial charge in [-0.05, 0) is 44.0 Å². The Morgan fingerprint density at radius 2 is 1.97 bits per heavy atom. The van der Waals surface area contributed by atoms with Gasteiger partial charge in [0.2, 0.25) is 21.1 Å². The van der Waals surface area contributed by atoms with Gasteiger partial charge in [-0.25, -0.2) is 13.4 Å². The Hall–Kier alpha value is -2.79. The topological polar surface area (TPSA) is 97.2 Å². The van der Waals surface area contributed by atoms with Gasteiger partial charge in [-0.3, -0.25) is 4.79 Å². The number of carbonyl (C=O) groups is 1. The lowest BCUT2D eigenvalue weighted by molar-refractivity contribution is -0.120. The van der Waals surface area contributed by atoms with Gasteiger partial charge >= 0.3 is 0 Å². The maximum Gasteiger partial charge on any atom is 0.243 e. The molecule has 0 aliphatic carbocycles. The van der Waals surface area contributed by atoms with Gasteiger partial charge in [0.05, 0.1) is 26.2 Å². The lowest BCUT2D eigenvalue weighted by Gasteiger charge is -2.31. The molecule has 11 heteroatoms. The number of benzene rings is 2. The molecule has 1 N–H and O–H groups in total. The second-order valence-electron chi connectivity index (χ2n) is 8.17. The monoisotopic (exact) mass is 515 g/mol. The van der Waals surface area contributed by atoms with Gasteiger partial charge in [0, 0.05) is 19.2 Å². The molecule has 1 fully saturated rings. The lowest BCUT2D eigenvalue weighted by Crippen LogP contribution is -2.43. The standard InChI is InChI=1S/C23H22ClN5O3S2/c1-15-13-20(29(27-15)23-26-21-18(24)10-5-11-19(21)33-23)25-22(30)16-7-6-12-28(14-16)34(31,32)17-8-3-2-4-9-17/h2-5,8-11,13,16H,6-7,12,14H2,1H3,(H,25,30). The summed E-state index contributed by atoms with van der Waals surface area (Å²) in [5.41, 5.74) is 1.40. The van der Waals surface area contributed by atoms with Crippen LogP contribution in [0.2, 0.25) is 5.02 Å². The fraction of sp³-hybridized carbons (Fsp3) is 0.261. The molecule has 2 aromatic heterocycles. The highest BCUT2D eigenvalue weighted by Crippen LogP contribution is 2.32. The number of aryl methyl sites for hydroxylation is 1. The van der Waals surface area contributed by atoms with Gasteiger partial charge in [0.1, 0.15) is 11.3 Å². The average Bonchev–Trinajstić information content (AvgIpc) is 3.43. The van der Waals surface area contributed by atoms with Gasteiger partial charge in [0.15, 0.2) is 0 Å². The van der Waals surface area contributed by atoms with Crippen LogP contribution in [0.3, 0.4) is 0 Å². The van der Waals surface area contributed by atoms with E-state index >= 15 is 0 Å². The van der Waals surface area contributed by atoms with Crippen molar-refractivity contribution in [2.24, 2.45) is 5.92 Å². The van der Waals surface area contributed by atoms with E-state index < -0.39 is 15.9 Å². The molecule has 8 nitrogen and oxygen atoms in total. The second-order valence-corrected chi connectivity index (χ2v) is 11.5. The molecule has 0 bridgehead atoms. The van der Waals surface area contributed by atoms with E-state index in [0.717, 1.165) is 10.4 Å². The Morgan fingerprint density at radius 3 is 2.74 bits per heavy atom. The van der Waals surface area contributed by atoms with Crippen molar-refractivity contribution in [3.63, 3.8) is 0 Å². The van der Waals surface area contributed by atoms with Crippen LogP contribution in [0.25, 0.3) is 15.3 Å². The number of para-hydroxylation sites is 1. The minimum atomic E-state index is -3.65. The van der Waals surface area contributed by atoms with E-state index in [1.807, 2.05) is 19.1 Å². The molecular formula is C23H22ClN5O3S2. The number of fused-ring (bicyclic) bond motifs is 1. The number of piperidine rings is 1. The highest BCUT2D eigenvalue weighted by molar-refractivity contribution is 7.89. The van der Waals surface area contributed by atoms with Gasteiger partial charge in [-0.2, -0.15) is 14.1 Å². The first-order valence-corrected chi connectivity index (χ1v) is 13.4. The van der Waals surface area contributed by atoms with Gasteiger partial charge in [-0.1, -0.05) is 47.2 Å². The lowest BCUT2D eigenvalue weighted by atomic mass is 9.99. The van der Waals surface area contributed by atoms with Gasteiger partial charge < -0.3 is 5.32 Å². The van der Waals surface area contributed by atoms with Crippen LogP contribution in [0, 0.1) is 12.8 Å². The van der Waals surface area contributed by atoms with Crippen LogP contribution in [-0.4, -0.2) is 46.5 Å². The zero-order chi connectivity index (χ0) is 23.9. The van der Waals surface area contributed by atoms with Crippen LogP contribution in [0.1, 0.15) is 18.5 Å². The minimum Gasteiger partial charge on any atom is -0.310 e. The van der Waals surface area contributed by atoms with E-state index in [-0.39, 0.29) is 17.3 Å². The Labute approximate surface area is 206 Å². The minimum absolute atomic E-state index is 0.132. The Morgan fingerprint density at radius 1 is 1.18 bits per heavy atom. The Balaban J connectivity index is 1.37. The van der Waals surface area contributed by atoms with E-state index in [1.54, 1.807) is 47.1 Å². The third-order valence-electron chi connectivity index (χ3n) is 5.76. The number of nitrogens with zero attached hydrogens (tertiary/aromatic N) is 4. The van der Waals surface area contributed by atoms with Crippen molar-refractivity contribution in [1.82, 2.24) is 19.1 Å². The van der Waals surface area contributed by atoms with Crippen molar-refractivity contribution in [3.8, 4) is 5.13 Å². The molecule has 3 heterocycles. The number of hydrogen-bond donors (Lipinski definition) is 1. The maximum atomic E-state index is 13.2. The summed E-state index contributed by atoms with van der Waals surface area (Å²) >= 11 is 7.70. The molecule has 1 atom stereocenters. The highest BCUT2D eigenvalue weighted by Gasteiger charge is 2.33. The number of amides is 1. The predicted octanol–water partition coefficient (Wildman–Crippen LogP) is 4.48. The second kappa shape index (κ2) is 9.10. The summed E-state index contributed by atoms with van der Waals surface area (Å²) in [7, 11) is -3.65. The number of rotatable bonds is 5. The molecule has 2 aromatic carbocycles. The summed E-state index contributed by atoms with van der Waals surface area (Å²) < 4.78 is 30.0. The first kappa shape index (κ1) is 23.0. The largest absolute Gasteiger partial charge is 0.310 e. The molecule has 1 saturated heterocycles. The number of sulfonamides is 1. The zero-order valence-electron chi connectivity index (χ0n) is 18.3.